The molecule has 1 aromatic carbocycles. The van der Waals surface area contributed by atoms with Gasteiger partial charge in [0.25, 0.3) is 0 Å². The van der Waals surface area contributed by atoms with E-state index in [4.69, 9.17) is 11.6 Å². The fourth-order valence-corrected chi connectivity index (χ4v) is 3.51. The van der Waals surface area contributed by atoms with Crippen molar-refractivity contribution < 1.29 is 14.7 Å². The van der Waals surface area contributed by atoms with Gasteiger partial charge in [-0.2, -0.15) is 0 Å². The number of hydrogen-bond donors (Lipinski definition) is 2. The Balaban J connectivity index is 1.76. The molecule has 0 saturated heterocycles. The average molecular weight is 422 g/mol. The van der Waals surface area contributed by atoms with Crippen LogP contribution in [0.25, 0.3) is 0 Å². The molecular weight excluding hydrogens is 408 g/mol. The second kappa shape index (κ2) is 6.98. The first-order chi connectivity index (χ1) is 11.9. The molecule has 128 valence electrons. The third-order valence-electron chi connectivity index (χ3n) is 3.94. The summed E-state index contributed by atoms with van der Waals surface area (Å²) in [5.74, 6) is -0.585. The smallest absolute Gasteiger partial charge is 0.225 e. The minimum atomic E-state index is -0.456. The Morgan fingerprint density at radius 2 is 2.04 bits per heavy atom. The standard InChI is InChI=1S/C18H14BrClN2O3/c1-9-7-10(8-12(19)16(9)23)4-6-22-15-13(20)18(25)14-11(17(15)24)3-2-5-21-14/h2-3,5,7-8,22-23H,4,6H2,1H3. The zero-order chi connectivity index (χ0) is 18.1. The van der Waals surface area contributed by atoms with Gasteiger partial charge in [0.05, 0.1) is 10.0 Å². The second-order valence-corrected chi connectivity index (χ2v) is 6.90. The van der Waals surface area contributed by atoms with E-state index in [1.807, 2.05) is 19.1 Å². The zero-order valence-electron chi connectivity index (χ0n) is 13.3. The lowest BCUT2D eigenvalue weighted by molar-refractivity contribution is 0.0971. The molecule has 0 radical (unpaired) electrons. The number of phenols is 1. The summed E-state index contributed by atoms with van der Waals surface area (Å²) in [6.45, 7) is 2.22. The number of nitrogens with one attached hydrogen (secondary N) is 1. The van der Waals surface area contributed by atoms with Crippen LogP contribution in [0.15, 0.2) is 45.7 Å². The number of fused-ring (bicyclic) bond motifs is 1. The summed E-state index contributed by atoms with van der Waals surface area (Å²) < 4.78 is 0.615. The van der Waals surface area contributed by atoms with E-state index in [0.717, 1.165) is 11.1 Å². The third-order valence-corrected chi connectivity index (χ3v) is 4.91. The highest BCUT2D eigenvalue weighted by molar-refractivity contribution is 9.10. The molecule has 2 N–H and O–H groups in total. The van der Waals surface area contributed by atoms with Gasteiger partial charge in [-0.25, -0.2) is 0 Å². The van der Waals surface area contributed by atoms with Gasteiger partial charge in [0.15, 0.2) is 0 Å². The fourth-order valence-electron chi connectivity index (χ4n) is 2.66. The molecule has 7 heteroatoms. The maximum atomic E-state index is 12.5. The van der Waals surface area contributed by atoms with Crippen molar-refractivity contribution in [3.8, 4) is 5.75 Å². The van der Waals surface area contributed by atoms with Crippen LogP contribution in [0.5, 0.6) is 5.75 Å². The molecule has 0 spiro atoms. The lowest BCUT2D eigenvalue weighted by Gasteiger charge is -2.18. The number of rotatable bonds is 4. The van der Waals surface area contributed by atoms with Gasteiger partial charge in [0.2, 0.25) is 11.6 Å². The van der Waals surface area contributed by atoms with Gasteiger partial charge < -0.3 is 10.4 Å². The lowest BCUT2D eigenvalue weighted by atomic mass is 9.97. The number of halogens is 2. The van der Waals surface area contributed by atoms with Crippen molar-refractivity contribution in [1.82, 2.24) is 10.3 Å². The minimum Gasteiger partial charge on any atom is -0.506 e. The molecule has 1 aliphatic carbocycles. The third kappa shape index (κ3) is 3.32. The van der Waals surface area contributed by atoms with Gasteiger partial charge >= 0.3 is 0 Å². The number of aryl methyl sites for hydroxylation is 1. The molecule has 1 heterocycles. The maximum absolute atomic E-state index is 12.5. The number of Topliss-reactive ketones (excluding diaryl/α,β-unsaturated/α-hetero) is 2. The van der Waals surface area contributed by atoms with Crippen LogP contribution in [0.1, 0.15) is 32.0 Å². The van der Waals surface area contributed by atoms with E-state index in [9.17, 15) is 14.7 Å². The van der Waals surface area contributed by atoms with Crippen LogP contribution in [0.3, 0.4) is 0 Å². The first kappa shape index (κ1) is 17.6. The normalized spacial score (nSPS) is 13.9. The van der Waals surface area contributed by atoms with E-state index in [1.54, 1.807) is 12.1 Å². The van der Waals surface area contributed by atoms with Gasteiger partial charge in [0.1, 0.15) is 22.2 Å². The van der Waals surface area contributed by atoms with Crippen LogP contribution in [-0.4, -0.2) is 28.2 Å². The lowest BCUT2D eigenvalue weighted by Crippen LogP contribution is -2.30. The summed E-state index contributed by atoms with van der Waals surface area (Å²) in [7, 11) is 0. The molecule has 3 rings (SSSR count). The summed E-state index contributed by atoms with van der Waals surface area (Å²) in [4.78, 5) is 28.7. The zero-order valence-corrected chi connectivity index (χ0v) is 15.6. The van der Waals surface area contributed by atoms with Crippen molar-refractivity contribution in [2.45, 2.75) is 13.3 Å². The molecule has 0 saturated carbocycles. The fraction of sp³-hybridized carbons (Fsp3) is 0.167. The summed E-state index contributed by atoms with van der Waals surface area (Å²) >= 11 is 9.38. The van der Waals surface area contributed by atoms with Crippen molar-refractivity contribution in [1.29, 1.82) is 0 Å². The number of benzene rings is 1. The van der Waals surface area contributed by atoms with Crippen LogP contribution in [0.2, 0.25) is 0 Å². The Morgan fingerprint density at radius 3 is 2.76 bits per heavy atom. The van der Waals surface area contributed by atoms with Crippen LogP contribution in [0, 0.1) is 6.92 Å². The first-order valence-corrected chi connectivity index (χ1v) is 8.73. The van der Waals surface area contributed by atoms with E-state index in [1.165, 1.54) is 6.20 Å². The highest BCUT2D eigenvalue weighted by Gasteiger charge is 2.32. The quantitative estimate of drug-likeness (QED) is 0.790. The molecule has 25 heavy (non-hydrogen) atoms. The number of pyridine rings is 1. The summed E-state index contributed by atoms with van der Waals surface area (Å²) in [5.41, 5.74) is 2.17. The molecule has 0 bridgehead atoms. The Kier molecular flexibility index (Phi) is 4.92. The van der Waals surface area contributed by atoms with Gasteiger partial charge in [-0.15, -0.1) is 0 Å². The summed E-state index contributed by atoms with van der Waals surface area (Å²) in [5, 5.41) is 12.6. The second-order valence-electron chi connectivity index (χ2n) is 5.67. The summed E-state index contributed by atoms with van der Waals surface area (Å²) in [6, 6.07) is 6.85. The highest BCUT2D eigenvalue weighted by Crippen LogP contribution is 2.29. The minimum absolute atomic E-state index is 0.0844. The van der Waals surface area contributed by atoms with Gasteiger partial charge in [-0.05, 0) is 58.6 Å². The van der Waals surface area contributed by atoms with E-state index >= 15 is 0 Å². The van der Waals surface area contributed by atoms with Crippen LogP contribution in [-0.2, 0) is 6.42 Å². The van der Waals surface area contributed by atoms with Crippen molar-refractivity contribution in [3.05, 3.63) is 68.0 Å². The predicted molar refractivity (Wildman–Crippen MR) is 98.0 cm³/mol. The number of hydrogen-bond acceptors (Lipinski definition) is 5. The van der Waals surface area contributed by atoms with Gasteiger partial charge in [-0.1, -0.05) is 17.7 Å². The largest absolute Gasteiger partial charge is 0.506 e. The molecule has 2 aromatic rings. The highest BCUT2D eigenvalue weighted by atomic mass is 79.9. The van der Waals surface area contributed by atoms with E-state index in [-0.39, 0.29) is 33.5 Å². The number of carbonyl (C=O) groups excluding carboxylic acids is 2. The topological polar surface area (TPSA) is 79.3 Å². The number of carbonyl (C=O) groups is 2. The molecule has 0 amide bonds. The predicted octanol–water partition coefficient (Wildman–Crippen LogP) is 3.52. The number of aromatic hydroxyl groups is 1. The molecule has 0 unspecified atom stereocenters. The molecule has 0 fully saturated rings. The van der Waals surface area contributed by atoms with Gasteiger partial charge in [-0.3, -0.25) is 14.6 Å². The van der Waals surface area contributed by atoms with Crippen molar-refractivity contribution in [2.75, 3.05) is 6.54 Å². The number of nitrogens with zero attached hydrogens (tertiary/aromatic N) is 1. The Hall–Kier alpha value is -2.18. The first-order valence-electron chi connectivity index (χ1n) is 7.56. The summed E-state index contributed by atoms with van der Waals surface area (Å²) in [6.07, 6.45) is 2.05. The Labute approximate surface area is 157 Å². The Bertz CT molecular complexity index is 901. The molecule has 0 atom stereocenters. The van der Waals surface area contributed by atoms with Gasteiger partial charge in [0, 0.05) is 12.7 Å². The number of allylic oxidation sites excluding steroid dienone is 2. The van der Waals surface area contributed by atoms with E-state index in [2.05, 4.69) is 26.2 Å². The van der Waals surface area contributed by atoms with Crippen LogP contribution < -0.4 is 5.32 Å². The van der Waals surface area contributed by atoms with Crippen LogP contribution >= 0.6 is 27.5 Å². The monoisotopic (exact) mass is 420 g/mol. The molecule has 0 aliphatic heterocycles. The SMILES string of the molecule is Cc1cc(CCNC2=C(Cl)C(=O)c3ncccc3C2=O)cc(Br)c1O. The van der Waals surface area contributed by atoms with E-state index < -0.39 is 5.78 Å². The molecular formula is C18H14BrClN2O3. The maximum Gasteiger partial charge on any atom is 0.225 e. The van der Waals surface area contributed by atoms with E-state index in [0.29, 0.717) is 17.4 Å². The number of ketones is 2. The van der Waals surface area contributed by atoms with Crippen molar-refractivity contribution in [2.24, 2.45) is 0 Å². The molecule has 1 aliphatic rings. The average Bonchev–Trinajstić information content (AvgIpc) is 2.60. The molecule has 1 aromatic heterocycles. The molecule has 5 nitrogen and oxygen atoms in total. The Morgan fingerprint density at radius 1 is 1.28 bits per heavy atom. The van der Waals surface area contributed by atoms with Crippen molar-refractivity contribution >= 4 is 39.1 Å². The number of phenolic OH excluding ortho intramolecular Hbond substituents is 1. The number of aromatic nitrogens is 1. The van der Waals surface area contributed by atoms with Crippen molar-refractivity contribution in [3.63, 3.8) is 0 Å². The van der Waals surface area contributed by atoms with Crippen LogP contribution in [0.4, 0.5) is 0 Å².